The van der Waals surface area contributed by atoms with E-state index < -0.39 is 0 Å². The first-order chi connectivity index (χ1) is 8.78. The van der Waals surface area contributed by atoms with Crippen LogP contribution in [-0.4, -0.2) is 20.6 Å². The summed E-state index contributed by atoms with van der Waals surface area (Å²) in [6.45, 7) is 3.01. The van der Waals surface area contributed by atoms with E-state index in [4.69, 9.17) is 5.73 Å². The maximum Gasteiger partial charge on any atom is 0.0949 e. The van der Waals surface area contributed by atoms with Crippen molar-refractivity contribution in [2.75, 3.05) is 0 Å². The van der Waals surface area contributed by atoms with Crippen LogP contribution in [0.2, 0.25) is 0 Å². The molecule has 0 amide bonds. The van der Waals surface area contributed by atoms with Crippen molar-refractivity contribution in [1.29, 1.82) is 0 Å². The minimum absolute atomic E-state index is 0.212. The fourth-order valence-corrected chi connectivity index (χ4v) is 1.84. The molecule has 0 aliphatic carbocycles. The molecular formula is C14H20N4. The largest absolute Gasteiger partial charge is 0.337 e. The molecule has 0 radical (unpaired) electrons. The first-order valence-corrected chi connectivity index (χ1v) is 6.44. The molecule has 18 heavy (non-hydrogen) atoms. The predicted molar refractivity (Wildman–Crippen MR) is 72.1 cm³/mol. The Hall–Kier alpha value is -1.68. The van der Waals surface area contributed by atoms with Crippen molar-refractivity contribution in [1.82, 2.24) is 14.5 Å². The second-order valence-corrected chi connectivity index (χ2v) is 4.55. The van der Waals surface area contributed by atoms with Crippen LogP contribution < -0.4 is 5.73 Å². The summed E-state index contributed by atoms with van der Waals surface area (Å²) in [5.41, 5.74) is 8.10. The first-order valence-electron chi connectivity index (χ1n) is 6.44. The summed E-state index contributed by atoms with van der Waals surface area (Å²) in [7, 11) is 0. The molecule has 0 saturated carbocycles. The third-order valence-electron chi connectivity index (χ3n) is 3.03. The second-order valence-electron chi connectivity index (χ2n) is 4.55. The molecule has 4 heteroatoms. The fourth-order valence-electron chi connectivity index (χ4n) is 1.84. The van der Waals surface area contributed by atoms with E-state index in [0.29, 0.717) is 0 Å². The number of aromatic nitrogens is 3. The summed E-state index contributed by atoms with van der Waals surface area (Å²) in [6, 6.07) is 6.21. The molecule has 0 aromatic carbocycles. The van der Waals surface area contributed by atoms with E-state index in [1.165, 1.54) is 0 Å². The zero-order valence-electron chi connectivity index (χ0n) is 10.8. The van der Waals surface area contributed by atoms with E-state index in [1.807, 2.05) is 30.7 Å². The summed E-state index contributed by atoms with van der Waals surface area (Å²) in [4.78, 5) is 8.69. The molecule has 2 rings (SSSR count). The highest BCUT2D eigenvalue weighted by molar-refractivity contribution is 5.04. The van der Waals surface area contributed by atoms with Gasteiger partial charge in [-0.05, 0) is 18.6 Å². The molecule has 0 bridgehead atoms. The van der Waals surface area contributed by atoms with Crippen molar-refractivity contribution >= 4 is 0 Å². The lowest BCUT2D eigenvalue weighted by Crippen LogP contribution is -2.21. The Bertz CT molecular complexity index is 464. The average Bonchev–Trinajstić information content (AvgIpc) is 2.85. The van der Waals surface area contributed by atoms with Crippen LogP contribution in [0.4, 0.5) is 0 Å². The Balaban J connectivity index is 1.87. The molecule has 0 fully saturated rings. The molecular weight excluding hydrogens is 224 g/mol. The molecule has 2 aromatic heterocycles. The lowest BCUT2D eigenvalue weighted by atomic mass is 10.1. The van der Waals surface area contributed by atoms with Crippen LogP contribution >= 0.6 is 0 Å². The summed E-state index contributed by atoms with van der Waals surface area (Å²) in [5.74, 6) is 0. The maximum absolute atomic E-state index is 5.92. The predicted octanol–water partition coefficient (Wildman–Crippen LogP) is 1.80. The van der Waals surface area contributed by atoms with Crippen LogP contribution in [0.1, 0.15) is 24.7 Å². The third-order valence-corrected chi connectivity index (χ3v) is 3.03. The molecule has 2 aromatic rings. The van der Waals surface area contributed by atoms with Gasteiger partial charge in [0, 0.05) is 43.5 Å². The number of pyridine rings is 1. The van der Waals surface area contributed by atoms with Gasteiger partial charge >= 0.3 is 0 Å². The minimum Gasteiger partial charge on any atom is -0.337 e. The number of rotatable bonds is 6. The van der Waals surface area contributed by atoms with Crippen molar-refractivity contribution in [2.24, 2.45) is 5.73 Å². The zero-order valence-corrected chi connectivity index (χ0v) is 10.8. The van der Waals surface area contributed by atoms with E-state index in [0.717, 1.165) is 37.2 Å². The van der Waals surface area contributed by atoms with Gasteiger partial charge in [0.05, 0.1) is 12.0 Å². The lowest BCUT2D eigenvalue weighted by molar-refractivity contribution is 0.636. The molecule has 2 N–H and O–H groups in total. The summed E-state index contributed by atoms with van der Waals surface area (Å²) < 4.78 is 2.10. The van der Waals surface area contributed by atoms with Gasteiger partial charge in [-0.1, -0.05) is 13.0 Å². The number of nitrogens with zero attached hydrogens (tertiary/aromatic N) is 3. The molecule has 4 nitrogen and oxygen atoms in total. The summed E-state index contributed by atoms with van der Waals surface area (Å²) >= 11 is 0. The van der Waals surface area contributed by atoms with E-state index in [9.17, 15) is 0 Å². The van der Waals surface area contributed by atoms with Gasteiger partial charge in [-0.15, -0.1) is 0 Å². The Morgan fingerprint density at radius 2 is 2.17 bits per heavy atom. The average molecular weight is 244 g/mol. The summed E-state index contributed by atoms with van der Waals surface area (Å²) in [5, 5.41) is 0. The highest BCUT2D eigenvalue weighted by Gasteiger charge is 2.04. The Morgan fingerprint density at radius 3 is 2.89 bits per heavy atom. The van der Waals surface area contributed by atoms with Crippen molar-refractivity contribution in [2.45, 2.75) is 38.8 Å². The first kappa shape index (κ1) is 12.8. The van der Waals surface area contributed by atoms with E-state index >= 15 is 0 Å². The Kier molecular flexibility index (Phi) is 4.47. The maximum atomic E-state index is 5.92. The van der Waals surface area contributed by atoms with Crippen molar-refractivity contribution in [3.63, 3.8) is 0 Å². The molecule has 96 valence electrons. The van der Waals surface area contributed by atoms with Crippen LogP contribution in [0.5, 0.6) is 0 Å². The number of hydrogen-bond acceptors (Lipinski definition) is 3. The smallest absolute Gasteiger partial charge is 0.0949 e. The molecule has 0 saturated heterocycles. The van der Waals surface area contributed by atoms with E-state index in [2.05, 4.69) is 27.7 Å². The van der Waals surface area contributed by atoms with Crippen LogP contribution in [0, 0.1) is 0 Å². The van der Waals surface area contributed by atoms with Crippen LogP contribution in [0.25, 0.3) is 0 Å². The van der Waals surface area contributed by atoms with Gasteiger partial charge < -0.3 is 10.3 Å². The topological polar surface area (TPSA) is 56.7 Å². The summed E-state index contributed by atoms with van der Waals surface area (Å²) in [6.07, 6.45) is 8.55. The molecule has 1 atom stereocenters. The van der Waals surface area contributed by atoms with Gasteiger partial charge in [-0.2, -0.15) is 0 Å². The van der Waals surface area contributed by atoms with Gasteiger partial charge in [0.1, 0.15) is 0 Å². The SMILES string of the molecule is CCC(N)Cc1cn(CCc2ccccn2)cn1. The van der Waals surface area contributed by atoms with E-state index in [-0.39, 0.29) is 6.04 Å². The highest BCUT2D eigenvalue weighted by Crippen LogP contribution is 2.04. The third kappa shape index (κ3) is 3.67. The molecule has 0 aliphatic rings. The van der Waals surface area contributed by atoms with Crippen LogP contribution in [0.3, 0.4) is 0 Å². The Labute approximate surface area is 108 Å². The van der Waals surface area contributed by atoms with Gasteiger partial charge in [-0.3, -0.25) is 4.98 Å². The van der Waals surface area contributed by atoms with Gasteiger partial charge in [0.2, 0.25) is 0 Å². The fraction of sp³-hybridized carbons (Fsp3) is 0.429. The van der Waals surface area contributed by atoms with Crippen molar-refractivity contribution < 1.29 is 0 Å². The lowest BCUT2D eigenvalue weighted by Gasteiger charge is -2.05. The highest BCUT2D eigenvalue weighted by atomic mass is 15.0. The van der Waals surface area contributed by atoms with Crippen LogP contribution in [-0.2, 0) is 19.4 Å². The van der Waals surface area contributed by atoms with Crippen molar-refractivity contribution in [3.8, 4) is 0 Å². The van der Waals surface area contributed by atoms with E-state index in [1.54, 1.807) is 0 Å². The number of hydrogen-bond donors (Lipinski definition) is 1. The zero-order chi connectivity index (χ0) is 12.8. The number of aryl methyl sites for hydroxylation is 2. The molecule has 2 heterocycles. The normalized spacial score (nSPS) is 12.6. The number of nitrogens with two attached hydrogens (primary N) is 1. The van der Waals surface area contributed by atoms with Crippen molar-refractivity contribution in [3.05, 3.63) is 48.3 Å². The number of imidazole rings is 1. The molecule has 0 spiro atoms. The Morgan fingerprint density at radius 1 is 1.28 bits per heavy atom. The quantitative estimate of drug-likeness (QED) is 0.843. The molecule has 1 unspecified atom stereocenters. The second kappa shape index (κ2) is 6.31. The standard InChI is InChI=1S/C14H20N4/c1-2-12(15)9-14-10-18(11-17-14)8-6-13-5-3-4-7-16-13/h3-5,7,10-12H,2,6,8-9,15H2,1H3. The van der Waals surface area contributed by atoms with Gasteiger partial charge in [0.15, 0.2) is 0 Å². The van der Waals surface area contributed by atoms with Gasteiger partial charge in [-0.25, -0.2) is 4.98 Å². The van der Waals surface area contributed by atoms with Gasteiger partial charge in [0.25, 0.3) is 0 Å². The molecule has 0 aliphatic heterocycles. The van der Waals surface area contributed by atoms with Crippen LogP contribution in [0.15, 0.2) is 36.9 Å². The minimum atomic E-state index is 0.212. The monoisotopic (exact) mass is 244 g/mol.